The highest BCUT2D eigenvalue weighted by Crippen LogP contribution is 2.01. The summed E-state index contributed by atoms with van der Waals surface area (Å²) in [7, 11) is 2.70. The smallest absolute Gasteiger partial charge is 0.0257 e. The lowest BCUT2D eigenvalue weighted by Crippen LogP contribution is -1.81. The fourth-order valence-corrected chi connectivity index (χ4v) is 1.01. The van der Waals surface area contributed by atoms with Gasteiger partial charge in [0.15, 0.2) is 0 Å². The van der Waals surface area contributed by atoms with E-state index in [1.165, 1.54) is 25.4 Å². The molecule has 4 heteroatoms. The molecule has 0 aromatic heterocycles. The third kappa shape index (κ3) is 7.74. The van der Waals surface area contributed by atoms with Gasteiger partial charge in [0, 0.05) is 11.5 Å². The van der Waals surface area contributed by atoms with E-state index in [1.54, 1.807) is 0 Å². The van der Waals surface area contributed by atoms with Crippen LogP contribution in [0, 0.1) is 0 Å². The zero-order valence-corrected chi connectivity index (χ0v) is 7.32. The van der Waals surface area contributed by atoms with Gasteiger partial charge in [-0.2, -0.15) is 0 Å². The lowest BCUT2D eigenvalue weighted by Gasteiger charge is -1.93. The van der Waals surface area contributed by atoms with Crippen LogP contribution in [0.25, 0.3) is 10.4 Å². The molecule has 0 saturated heterocycles. The Morgan fingerprint density at radius 3 is 2.50 bits per heavy atom. The molecule has 10 heavy (non-hydrogen) atoms. The highest BCUT2D eigenvalue weighted by Gasteiger charge is 1.85. The molecule has 1 unspecified atom stereocenters. The van der Waals surface area contributed by atoms with Crippen molar-refractivity contribution in [3.8, 4) is 0 Å². The normalized spacial score (nSPS) is 8.90. The summed E-state index contributed by atoms with van der Waals surface area (Å²) < 4.78 is 0. The van der Waals surface area contributed by atoms with E-state index in [0.29, 0.717) is 6.54 Å². The Morgan fingerprint density at radius 2 is 1.90 bits per heavy atom. The van der Waals surface area contributed by atoms with Crippen molar-refractivity contribution in [2.24, 2.45) is 5.11 Å². The van der Waals surface area contributed by atoms with Crippen LogP contribution >= 0.6 is 9.24 Å². The Labute approximate surface area is 64.0 Å². The highest BCUT2D eigenvalue weighted by atomic mass is 31.0. The van der Waals surface area contributed by atoms with Gasteiger partial charge < -0.3 is 0 Å². The van der Waals surface area contributed by atoms with E-state index in [4.69, 9.17) is 5.53 Å². The van der Waals surface area contributed by atoms with Crippen molar-refractivity contribution in [2.45, 2.75) is 25.7 Å². The molecule has 0 aromatic carbocycles. The summed E-state index contributed by atoms with van der Waals surface area (Å²) in [5.74, 6) is 0. The molecule has 0 aliphatic rings. The molecule has 0 heterocycles. The van der Waals surface area contributed by atoms with Gasteiger partial charge in [0.2, 0.25) is 0 Å². The topological polar surface area (TPSA) is 48.8 Å². The predicted octanol–water partition coefficient (Wildman–Crippen LogP) is 2.73. The van der Waals surface area contributed by atoms with Gasteiger partial charge in [0.1, 0.15) is 0 Å². The molecule has 3 nitrogen and oxygen atoms in total. The van der Waals surface area contributed by atoms with Crippen LogP contribution < -0.4 is 0 Å². The maximum absolute atomic E-state index is 7.92. The van der Waals surface area contributed by atoms with Crippen LogP contribution in [0.1, 0.15) is 25.7 Å². The SMILES string of the molecule is [N-]=[N+]=NCCCCCCP. The summed E-state index contributed by atoms with van der Waals surface area (Å²) in [4.78, 5) is 2.67. The third-order valence-electron chi connectivity index (χ3n) is 1.28. The summed E-state index contributed by atoms with van der Waals surface area (Å²) in [6.45, 7) is 0.660. The Bertz CT molecular complexity index is 110. The summed E-state index contributed by atoms with van der Waals surface area (Å²) >= 11 is 0. The quantitative estimate of drug-likeness (QED) is 0.188. The predicted molar refractivity (Wildman–Crippen MR) is 47.1 cm³/mol. The van der Waals surface area contributed by atoms with Crippen molar-refractivity contribution >= 4 is 9.24 Å². The first kappa shape index (κ1) is 9.74. The Hall–Kier alpha value is -0.260. The van der Waals surface area contributed by atoms with Crippen molar-refractivity contribution < 1.29 is 0 Å². The standard InChI is InChI=1S/C6H14N3P/c7-9-8-5-3-1-2-4-6-10/h1-6,10H2. The van der Waals surface area contributed by atoms with Gasteiger partial charge in [0.05, 0.1) is 0 Å². The van der Waals surface area contributed by atoms with Crippen molar-refractivity contribution in [3.63, 3.8) is 0 Å². The molecule has 0 fully saturated rings. The second-order valence-electron chi connectivity index (χ2n) is 2.16. The molecule has 58 valence electrons. The maximum atomic E-state index is 7.92. The fraction of sp³-hybridized carbons (Fsp3) is 1.00. The molecule has 0 rings (SSSR count). The molecule has 0 radical (unpaired) electrons. The first-order valence-corrected chi connectivity index (χ1v) is 4.44. The molecular formula is C6H14N3P. The molecule has 0 aromatic rings. The highest BCUT2D eigenvalue weighted by molar-refractivity contribution is 7.16. The average Bonchev–Trinajstić information content (AvgIpc) is 1.97. The third-order valence-corrected chi connectivity index (χ3v) is 1.68. The Kier molecular flexibility index (Phi) is 8.51. The van der Waals surface area contributed by atoms with Crippen LogP contribution in [-0.4, -0.2) is 12.7 Å². The minimum atomic E-state index is 0.660. The monoisotopic (exact) mass is 159 g/mol. The molecule has 0 saturated carbocycles. The Morgan fingerprint density at radius 1 is 1.20 bits per heavy atom. The maximum Gasteiger partial charge on any atom is 0.0257 e. The zero-order chi connectivity index (χ0) is 7.66. The molecule has 0 spiro atoms. The number of rotatable bonds is 6. The van der Waals surface area contributed by atoms with Gasteiger partial charge in [-0.3, -0.25) is 0 Å². The van der Waals surface area contributed by atoms with Crippen LogP contribution in [0.5, 0.6) is 0 Å². The van der Waals surface area contributed by atoms with E-state index in [0.717, 1.165) is 6.42 Å². The van der Waals surface area contributed by atoms with E-state index < -0.39 is 0 Å². The molecule has 1 atom stereocenters. The van der Waals surface area contributed by atoms with Gasteiger partial charge in [-0.25, -0.2) is 0 Å². The number of unbranched alkanes of at least 4 members (excludes halogenated alkanes) is 3. The van der Waals surface area contributed by atoms with Gasteiger partial charge >= 0.3 is 0 Å². The Balaban J connectivity index is 2.83. The van der Waals surface area contributed by atoms with E-state index in [9.17, 15) is 0 Å². The second kappa shape index (κ2) is 8.74. The summed E-state index contributed by atoms with van der Waals surface area (Å²) in [5.41, 5.74) is 7.92. The van der Waals surface area contributed by atoms with Crippen molar-refractivity contribution in [2.75, 3.05) is 12.7 Å². The molecular weight excluding hydrogens is 145 g/mol. The van der Waals surface area contributed by atoms with Crippen molar-refractivity contribution in [1.82, 2.24) is 0 Å². The van der Waals surface area contributed by atoms with Crippen LogP contribution in [0.4, 0.5) is 0 Å². The molecule has 0 N–H and O–H groups in total. The van der Waals surface area contributed by atoms with E-state index >= 15 is 0 Å². The first-order valence-electron chi connectivity index (χ1n) is 3.62. The van der Waals surface area contributed by atoms with Gasteiger partial charge in [-0.1, -0.05) is 18.0 Å². The lowest BCUT2D eigenvalue weighted by atomic mass is 10.2. The van der Waals surface area contributed by atoms with E-state index in [-0.39, 0.29) is 0 Å². The molecule has 0 bridgehead atoms. The fourth-order valence-electron chi connectivity index (χ4n) is 0.725. The molecule has 0 aliphatic carbocycles. The number of nitrogens with zero attached hydrogens (tertiary/aromatic N) is 3. The van der Waals surface area contributed by atoms with Crippen LogP contribution in [0.3, 0.4) is 0 Å². The summed E-state index contributed by atoms with van der Waals surface area (Å²) in [6.07, 6.45) is 5.93. The van der Waals surface area contributed by atoms with Gasteiger partial charge in [-0.15, -0.1) is 9.24 Å². The molecule has 0 amide bonds. The second-order valence-corrected chi connectivity index (χ2v) is 2.73. The van der Waals surface area contributed by atoms with Gasteiger partial charge in [0.25, 0.3) is 0 Å². The summed E-state index contributed by atoms with van der Waals surface area (Å²) in [6, 6.07) is 0. The van der Waals surface area contributed by atoms with Crippen LogP contribution in [-0.2, 0) is 0 Å². The van der Waals surface area contributed by atoms with Crippen molar-refractivity contribution in [1.29, 1.82) is 0 Å². The van der Waals surface area contributed by atoms with Crippen LogP contribution in [0.15, 0.2) is 5.11 Å². The summed E-state index contributed by atoms with van der Waals surface area (Å²) in [5, 5.41) is 3.44. The van der Waals surface area contributed by atoms with Crippen molar-refractivity contribution in [3.05, 3.63) is 10.4 Å². The lowest BCUT2D eigenvalue weighted by molar-refractivity contribution is 0.677. The minimum Gasteiger partial charge on any atom is -0.138 e. The van der Waals surface area contributed by atoms with Gasteiger partial charge in [-0.05, 0) is 24.5 Å². The minimum absolute atomic E-state index is 0.660. The number of hydrogen-bond donors (Lipinski definition) is 0. The average molecular weight is 159 g/mol. The van der Waals surface area contributed by atoms with E-state index in [1.807, 2.05) is 0 Å². The number of azide groups is 1. The number of hydrogen-bond acceptors (Lipinski definition) is 1. The molecule has 0 aliphatic heterocycles. The van der Waals surface area contributed by atoms with Crippen LogP contribution in [0.2, 0.25) is 0 Å². The first-order chi connectivity index (χ1) is 4.91. The van der Waals surface area contributed by atoms with E-state index in [2.05, 4.69) is 19.3 Å². The largest absolute Gasteiger partial charge is 0.138 e. The zero-order valence-electron chi connectivity index (χ0n) is 6.16.